The Morgan fingerprint density at radius 3 is 2.38 bits per heavy atom. The lowest BCUT2D eigenvalue weighted by Crippen LogP contribution is -2.46. The van der Waals surface area contributed by atoms with E-state index in [-0.39, 0.29) is 23.5 Å². The van der Waals surface area contributed by atoms with Gasteiger partial charge in [-0.3, -0.25) is 9.59 Å². The van der Waals surface area contributed by atoms with Crippen LogP contribution in [0, 0.1) is 17.7 Å². The first-order valence-corrected chi connectivity index (χ1v) is 11.3. The van der Waals surface area contributed by atoms with Gasteiger partial charge in [-0.2, -0.15) is 0 Å². The molecule has 6 nitrogen and oxygen atoms in total. The minimum Gasteiger partial charge on any atom is -0.341 e. The first kappa shape index (κ1) is 22.4. The van der Waals surface area contributed by atoms with Gasteiger partial charge in [-0.15, -0.1) is 0 Å². The van der Waals surface area contributed by atoms with Gasteiger partial charge in [-0.05, 0) is 62.1 Å². The fourth-order valence-electron chi connectivity index (χ4n) is 5.05. The lowest BCUT2D eigenvalue weighted by atomic mass is 9.86. The zero-order valence-corrected chi connectivity index (χ0v) is 18.4. The number of carbonyl (C=O) groups excluding carboxylic acids is 2. The highest BCUT2D eigenvalue weighted by atomic mass is 19.1. The Morgan fingerprint density at radius 1 is 1.06 bits per heavy atom. The Labute approximate surface area is 188 Å². The van der Waals surface area contributed by atoms with Crippen molar-refractivity contribution in [1.82, 2.24) is 9.80 Å². The minimum atomic E-state index is -0.624. The van der Waals surface area contributed by atoms with E-state index in [2.05, 4.69) is 17.3 Å². The topological polar surface area (TPSA) is 78.7 Å². The fraction of sp³-hybridized carbons (Fsp3) is 0.440. The number of benzene rings is 2. The van der Waals surface area contributed by atoms with Crippen molar-refractivity contribution in [2.45, 2.75) is 31.3 Å². The van der Waals surface area contributed by atoms with Crippen molar-refractivity contribution in [3.63, 3.8) is 0 Å². The van der Waals surface area contributed by atoms with E-state index in [4.69, 9.17) is 5.73 Å². The van der Waals surface area contributed by atoms with Crippen molar-refractivity contribution >= 4 is 17.5 Å². The van der Waals surface area contributed by atoms with Gasteiger partial charge >= 0.3 is 0 Å². The summed E-state index contributed by atoms with van der Waals surface area (Å²) < 4.78 is 13.1. The van der Waals surface area contributed by atoms with E-state index in [1.807, 2.05) is 35.2 Å². The third-order valence-electron chi connectivity index (χ3n) is 6.90. The van der Waals surface area contributed by atoms with Crippen molar-refractivity contribution < 1.29 is 14.0 Å². The van der Waals surface area contributed by atoms with Crippen LogP contribution in [0.3, 0.4) is 0 Å². The number of carbonyl (C=O) groups is 2. The third kappa shape index (κ3) is 5.00. The van der Waals surface area contributed by atoms with Crippen molar-refractivity contribution in [1.29, 1.82) is 0 Å². The first-order valence-electron chi connectivity index (χ1n) is 11.3. The molecule has 3 N–H and O–H groups in total. The van der Waals surface area contributed by atoms with E-state index in [0.29, 0.717) is 37.3 Å². The molecule has 2 saturated heterocycles. The van der Waals surface area contributed by atoms with Crippen LogP contribution in [0.1, 0.15) is 30.9 Å². The fourth-order valence-corrected chi connectivity index (χ4v) is 5.05. The number of hydrogen-bond acceptors (Lipinski definition) is 4. The van der Waals surface area contributed by atoms with Crippen LogP contribution in [0.25, 0.3) is 0 Å². The van der Waals surface area contributed by atoms with Crippen LogP contribution in [-0.4, -0.2) is 54.3 Å². The van der Waals surface area contributed by atoms with Gasteiger partial charge < -0.3 is 20.9 Å². The first-order chi connectivity index (χ1) is 15.4. The van der Waals surface area contributed by atoms with Crippen molar-refractivity contribution in [3.05, 3.63) is 66.0 Å². The predicted molar refractivity (Wildman–Crippen MR) is 122 cm³/mol. The molecule has 7 heteroatoms. The molecule has 0 radical (unpaired) electrons. The second-order valence-corrected chi connectivity index (χ2v) is 8.99. The average Bonchev–Trinajstić information content (AvgIpc) is 3.22. The number of rotatable bonds is 5. The van der Waals surface area contributed by atoms with Crippen LogP contribution in [0.15, 0.2) is 54.6 Å². The number of nitrogens with one attached hydrogen (secondary N) is 1. The van der Waals surface area contributed by atoms with Gasteiger partial charge in [0.1, 0.15) is 11.9 Å². The van der Waals surface area contributed by atoms with Gasteiger partial charge in [0.15, 0.2) is 0 Å². The molecule has 2 heterocycles. The Balaban J connectivity index is 1.29. The highest BCUT2D eigenvalue weighted by Crippen LogP contribution is 2.34. The molecule has 0 spiro atoms. The molecular formula is C25H31FN4O2. The summed E-state index contributed by atoms with van der Waals surface area (Å²) in [6, 6.07) is 15.0. The molecular weight excluding hydrogens is 407 g/mol. The maximum Gasteiger partial charge on any atom is 0.244 e. The molecule has 3 atom stereocenters. The number of piperidine rings is 1. The number of nitrogens with zero attached hydrogens (tertiary/aromatic N) is 2. The second kappa shape index (κ2) is 9.79. The maximum absolute atomic E-state index is 13.1. The summed E-state index contributed by atoms with van der Waals surface area (Å²) in [4.78, 5) is 29.7. The van der Waals surface area contributed by atoms with E-state index in [1.165, 1.54) is 12.1 Å². The molecule has 2 aromatic rings. The number of anilines is 1. The number of halogens is 1. The lowest BCUT2D eigenvalue weighted by Gasteiger charge is -2.38. The van der Waals surface area contributed by atoms with Gasteiger partial charge in [-0.25, -0.2) is 4.39 Å². The lowest BCUT2D eigenvalue weighted by molar-refractivity contribution is -0.134. The van der Waals surface area contributed by atoms with Crippen LogP contribution in [0.5, 0.6) is 0 Å². The summed E-state index contributed by atoms with van der Waals surface area (Å²) in [5.74, 6) is -0.0153. The van der Waals surface area contributed by atoms with E-state index in [1.54, 1.807) is 12.1 Å². The summed E-state index contributed by atoms with van der Waals surface area (Å²) in [5, 5.41) is 2.91. The molecule has 32 heavy (non-hydrogen) atoms. The summed E-state index contributed by atoms with van der Waals surface area (Å²) in [5.41, 5.74) is 7.66. The van der Waals surface area contributed by atoms with Crippen LogP contribution < -0.4 is 11.1 Å². The van der Waals surface area contributed by atoms with E-state index in [9.17, 15) is 14.0 Å². The Hall–Kier alpha value is -2.77. The molecule has 2 aliphatic rings. The van der Waals surface area contributed by atoms with Gasteiger partial charge in [0.2, 0.25) is 11.8 Å². The van der Waals surface area contributed by atoms with Gasteiger partial charge in [0.05, 0.1) is 5.92 Å². The van der Waals surface area contributed by atoms with Crippen LogP contribution in [-0.2, 0) is 9.59 Å². The van der Waals surface area contributed by atoms with Gasteiger partial charge in [0.25, 0.3) is 0 Å². The molecule has 0 aromatic heterocycles. The summed E-state index contributed by atoms with van der Waals surface area (Å²) in [6.07, 6.45) is 2.62. The summed E-state index contributed by atoms with van der Waals surface area (Å²) >= 11 is 0. The Bertz CT molecular complexity index is 929. The average molecular weight is 439 g/mol. The van der Waals surface area contributed by atoms with E-state index >= 15 is 0 Å². The molecule has 170 valence electrons. The SMILES string of the molecule is CN1C[C@H](C(=O)Nc2ccc(F)cc2)C[C@H]1C1CCN(C(=O)[C@H](N)c2ccccc2)CC1. The van der Waals surface area contributed by atoms with E-state index < -0.39 is 6.04 Å². The zero-order valence-electron chi connectivity index (χ0n) is 18.4. The molecule has 2 aliphatic heterocycles. The summed E-state index contributed by atoms with van der Waals surface area (Å²) in [7, 11) is 2.07. The summed E-state index contributed by atoms with van der Waals surface area (Å²) in [6.45, 7) is 2.09. The molecule has 0 saturated carbocycles. The van der Waals surface area contributed by atoms with Crippen molar-refractivity contribution in [3.8, 4) is 0 Å². The molecule has 0 aliphatic carbocycles. The highest BCUT2D eigenvalue weighted by molar-refractivity contribution is 5.92. The number of amides is 2. The normalized spacial score (nSPS) is 23.2. The highest BCUT2D eigenvalue weighted by Gasteiger charge is 2.40. The van der Waals surface area contributed by atoms with Crippen LogP contribution in [0.2, 0.25) is 0 Å². The minimum absolute atomic E-state index is 0.0209. The largest absolute Gasteiger partial charge is 0.341 e. The quantitative estimate of drug-likeness (QED) is 0.752. The van der Waals surface area contributed by atoms with E-state index in [0.717, 1.165) is 24.8 Å². The second-order valence-electron chi connectivity index (χ2n) is 8.99. The van der Waals surface area contributed by atoms with Crippen molar-refractivity contribution in [2.75, 3.05) is 32.0 Å². The number of hydrogen-bond donors (Lipinski definition) is 2. The Kier molecular flexibility index (Phi) is 6.86. The molecule has 0 unspecified atom stereocenters. The molecule has 4 rings (SSSR count). The third-order valence-corrected chi connectivity index (χ3v) is 6.90. The van der Waals surface area contributed by atoms with Gasteiger partial charge in [-0.1, -0.05) is 30.3 Å². The van der Waals surface area contributed by atoms with Gasteiger partial charge in [0, 0.05) is 31.4 Å². The zero-order chi connectivity index (χ0) is 22.7. The Morgan fingerprint density at radius 2 is 1.72 bits per heavy atom. The number of likely N-dealkylation sites (tertiary alicyclic amines) is 2. The molecule has 0 bridgehead atoms. The molecule has 2 amide bonds. The van der Waals surface area contributed by atoms with Crippen molar-refractivity contribution in [2.24, 2.45) is 17.6 Å². The monoisotopic (exact) mass is 438 g/mol. The standard InChI is InChI=1S/C25H31FN4O2/c1-29-16-19(24(31)28-21-9-7-20(26)8-10-21)15-22(29)17-11-13-30(14-12-17)25(32)23(27)18-5-3-2-4-6-18/h2-10,17,19,22-23H,11-16,27H2,1H3,(H,28,31)/t19-,22+,23-/m1/s1. The molecule has 2 aromatic carbocycles. The molecule has 2 fully saturated rings. The van der Waals surface area contributed by atoms with Crippen LogP contribution >= 0.6 is 0 Å². The maximum atomic E-state index is 13.1. The van der Waals surface area contributed by atoms with Crippen LogP contribution in [0.4, 0.5) is 10.1 Å². The smallest absolute Gasteiger partial charge is 0.244 e. The number of nitrogens with two attached hydrogens (primary N) is 1. The predicted octanol–water partition coefficient (Wildman–Crippen LogP) is 3.02.